The van der Waals surface area contributed by atoms with Gasteiger partial charge in [-0.15, -0.1) is 11.3 Å². The first kappa shape index (κ1) is 19.3. The van der Waals surface area contributed by atoms with Crippen LogP contribution in [0.15, 0.2) is 41.3 Å². The number of carbonyl (C=O) groups excluding carboxylic acids is 1. The summed E-state index contributed by atoms with van der Waals surface area (Å²) in [6.45, 7) is 5.78. The molecule has 1 N–H and O–H groups in total. The Morgan fingerprint density at radius 1 is 1.21 bits per heavy atom. The Bertz CT molecular complexity index is 857. The molecular weight excluding hydrogens is 371 g/mol. The third kappa shape index (κ3) is 4.70. The van der Waals surface area contributed by atoms with Gasteiger partial charge in [0.15, 0.2) is 0 Å². The van der Waals surface area contributed by atoms with E-state index in [4.69, 9.17) is 0 Å². The summed E-state index contributed by atoms with van der Waals surface area (Å²) in [4.78, 5) is 15.5. The molecule has 148 valence electrons. The number of thiophene rings is 1. The molecule has 2 aliphatic rings. The second-order valence-electron chi connectivity index (χ2n) is 7.88. The Morgan fingerprint density at radius 2 is 1.93 bits per heavy atom. The van der Waals surface area contributed by atoms with Crippen LogP contribution in [0.4, 0.5) is 4.39 Å². The number of aryl methyl sites for hydroxylation is 1. The molecule has 1 saturated heterocycles. The predicted octanol–water partition coefficient (Wildman–Crippen LogP) is 4.62. The number of hydrogen-bond donors (Lipinski definition) is 1. The van der Waals surface area contributed by atoms with Gasteiger partial charge in [0.2, 0.25) is 5.91 Å². The number of carbonyl (C=O) groups is 1. The number of likely N-dealkylation sites (tertiary alicyclic amines) is 1. The standard InChI is InChI=1S/C23H27FN2OS/c1-16-14-21(28-15-16)22(17-4-6-20(24)7-5-17)18-8-11-26(12-9-18)13-10-25-23(27)19-2-3-19/h4-7,14-15,19H,2-3,8-13H2,1H3,(H,25,27). The van der Waals surface area contributed by atoms with Crippen molar-refractivity contribution in [3.63, 3.8) is 0 Å². The molecule has 2 fully saturated rings. The lowest BCUT2D eigenvalue weighted by Crippen LogP contribution is -2.38. The van der Waals surface area contributed by atoms with Gasteiger partial charge in [-0.1, -0.05) is 17.7 Å². The number of nitrogens with zero attached hydrogens (tertiary/aromatic N) is 1. The summed E-state index contributed by atoms with van der Waals surface area (Å²) >= 11 is 1.76. The summed E-state index contributed by atoms with van der Waals surface area (Å²) in [5.74, 6) is 0.311. The number of benzene rings is 1. The van der Waals surface area contributed by atoms with Crippen LogP contribution in [-0.2, 0) is 4.79 Å². The minimum Gasteiger partial charge on any atom is -0.355 e. The van der Waals surface area contributed by atoms with Crippen molar-refractivity contribution < 1.29 is 9.18 Å². The van der Waals surface area contributed by atoms with E-state index in [1.807, 2.05) is 12.1 Å². The van der Waals surface area contributed by atoms with Crippen LogP contribution in [-0.4, -0.2) is 37.0 Å². The largest absolute Gasteiger partial charge is 0.355 e. The van der Waals surface area contributed by atoms with E-state index < -0.39 is 0 Å². The Morgan fingerprint density at radius 3 is 2.54 bits per heavy atom. The van der Waals surface area contributed by atoms with Gasteiger partial charge in [-0.25, -0.2) is 4.39 Å². The summed E-state index contributed by atoms with van der Waals surface area (Å²) < 4.78 is 13.4. The van der Waals surface area contributed by atoms with Crippen LogP contribution < -0.4 is 5.32 Å². The molecule has 0 bridgehead atoms. The monoisotopic (exact) mass is 398 g/mol. The number of hydrogen-bond acceptors (Lipinski definition) is 3. The van der Waals surface area contributed by atoms with E-state index in [2.05, 4.69) is 28.6 Å². The van der Waals surface area contributed by atoms with Gasteiger partial charge in [0.1, 0.15) is 5.82 Å². The minimum atomic E-state index is -0.196. The van der Waals surface area contributed by atoms with Crippen molar-refractivity contribution >= 4 is 22.8 Å². The Balaban J connectivity index is 1.44. The third-order valence-corrected chi connectivity index (χ3v) is 6.66. The lowest BCUT2D eigenvalue weighted by atomic mass is 9.92. The van der Waals surface area contributed by atoms with Crippen LogP contribution >= 0.6 is 11.3 Å². The van der Waals surface area contributed by atoms with Gasteiger partial charge in [-0.3, -0.25) is 4.79 Å². The molecule has 4 rings (SSSR count). The van der Waals surface area contributed by atoms with Crippen LogP contribution in [0.1, 0.15) is 41.7 Å². The molecule has 3 nitrogen and oxygen atoms in total. The predicted molar refractivity (Wildman–Crippen MR) is 113 cm³/mol. The van der Waals surface area contributed by atoms with Crippen LogP contribution in [0.5, 0.6) is 0 Å². The highest BCUT2D eigenvalue weighted by molar-refractivity contribution is 7.11. The molecule has 1 saturated carbocycles. The second kappa shape index (κ2) is 8.58. The molecule has 1 aromatic carbocycles. The molecule has 0 radical (unpaired) electrons. The maximum Gasteiger partial charge on any atom is 0.223 e. The number of amides is 1. The van der Waals surface area contributed by atoms with Gasteiger partial charge in [0, 0.05) is 37.0 Å². The Kier molecular flexibility index (Phi) is 5.93. The summed E-state index contributed by atoms with van der Waals surface area (Å²) in [5.41, 5.74) is 5.10. The topological polar surface area (TPSA) is 32.3 Å². The number of nitrogens with one attached hydrogen (secondary N) is 1. The fourth-order valence-corrected chi connectivity index (χ4v) is 4.84. The fourth-order valence-electron chi connectivity index (χ4n) is 3.82. The molecule has 28 heavy (non-hydrogen) atoms. The van der Waals surface area contributed by atoms with E-state index in [0.717, 1.165) is 57.4 Å². The first-order valence-electron chi connectivity index (χ1n) is 10.1. The number of rotatable bonds is 6. The normalized spacial score (nSPS) is 17.6. The highest BCUT2D eigenvalue weighted by Crippen LogP contribution is 2.35. The highest BCUT2D eigenvalue weighted by Gasteiger charge is 2.29. The zero-order valence-corrected chi connectivity index (χ0v) is 17.2. The van der Waals surface area contributed by atoms with Crippen LogP contribution in [0.3, 0.4) is 0 Å². The zero-order chi connectivity index (χ0) is 19.5. The average Bonchev–Trinajstić information content (AvgIpc) is 3.47. The number of piperidine rings is 1. The van der Waals surface area contributed by atoms with Crippen LogP contribution in [0, 0.1) is 18.7 Å². The zero-order valence-electron chi connectivity index (χ0n) is 16.3. The maximum absolute atomic E-state index is 13.4. The van der Waals surface area contributed by atoms with Gasteiger partial charge in [0.25, 0.3) is 0 Å². The second-order valence-corrected chi connectivity index (χ2v) is 8.79. The molecule has 0 spiro atoms. The van der Waals surface area contributed by atoms with Crippen molar-refractivity contribution in [1.82, 2.24) is 10.2 Å². The maximum atomic E-state index is 13.4. The van der Waals surface area contributed by atoms with Gasteiger partial charge in [0.05, 0.1) is 0 Å². The first-order valence-corrected chi connectivity index (χ1v) is 11.0. The lowest BCUT2D eigenvalue weighted by molar-refractivity contribution is -0.122. The molecule has 1 aliphatic carbocycles. The van der Waals surface area contributed by atoms with Gasteiger partial charge >= 0.3 is 0 Å². The van der Waals surface area contributed by atoms with Gasteiger partial charge in [-0.05, 0) is 72.9 Å². The van der Waals surface area contributed by atoms with E-state index >= 15 is 0 Å². The summed E-state index contributed by atoms with van der Waals surface area (Å²) in [5, 5.41) is 5.24. The molecule has 0 unspecified atom stereocenters. The van der Waals surface area contributed by atoms with E-state index in [0.29, 0.717) is 0 Å². The van der Waals surface area contributed by atoms with Crippen molar-refractivity contribution in [2.24, 2.45) is 5.92 Å². The van der Waals surface area contributed by atoms with E-state index in [9.17, 15) is 9.18 Å². The molecule has 1 amide bonds. The molecule has 0 atom stereocenters. The molecule has 1 aliphatic heterocycles. The average molecular weight is 399 g/mol. The van der Waals surface area contributed by atoms with Crippen molar-refractivity contribution in [3.8, 4) is 0 Å². The summed E-state index contributed by atoms with van der Waals surface area (Å²) in [6.07, 6.45) is 4.14. The summed E-state index contributed by atoms with van der Waals surface area (Å²) in [6, 6.07) is 9.12. The van der Waals surface area contributed by atoms with Crippen molar-refractivity contribution in [3.05, 3.63) is 63.1 Å². The van der Waals surface area contributed by atoms with Crippen LogP contribution in [0.2, 0.25) is 0 Å². The minimum absolute atomic E-state index is 0.196. The molecule has 1 aromatic heterocycles. The van der Waals surface area contributed by atoms with E-state index in [1.165, 1.54) is 21.6 Å². The van der Waals surface area contributed by atoms with Crippen molar-refractivity contribution in [2.45, 2.75) is 32.6 Å². The number of halogens is 1. The Hall–Kier alpha value is -1.98. The van der Waals surface area contributed by atoms with E-state index in [1.54, 1.807) is 23.5 Å². The van der Waals surface area contributed by atoms with Crippen molar-refractivity contribution in [1.29, 1.82) is 0 Å². The van der Waals surface area contributed by atoms with Crippen LogP contribution in [0.25, 0.3) is 5.57 Å². The molecular formula is C23H27FN2OS. The highest BCUT2D eigenvalue weighted by atomic mass is 32.1. The van der Waals surface area contributed by atoms with Gasteiger partial charge < -0.3 is 10.2 Å². The Labute approximate surface area is 170 Å². The molecule has 2 heterocycles. The summed E-state index contributed by atoms with van der Waals surface area (Å²) in [7, 11) is 0. The quantitative estimate of drug-likeness (QED) is 0.770. The molecule has 5 heteroatoms. The third-order valence-electron chi connectivity index (χ3n) is 5.60. The van der Waals surface area contributed by atoms with Crippen molar-refractivity contribution in [2.75, 3.05) is 26.2 Å². The SMILES string of the molecule is Cc1csc(C(=C2CCN(CCNC(=O)C3CC3)CC2)c2ccc(F)cc2)c1. The fraction of sp³-hybridized carbons (Fsp3) is 0.435. The van der Waals surface area contributed by atoms with Gasteiger partial charge in [-0.2, -0.15) is 0 Å². The smallest absolute Gasteiger partial charge is 0.223 e. The molecule has 2 aromatic rings. The lowest BCUT2D eigenvalue weighted by Gasteiger charge is -2.30. The van der Waals surface area contributed by atoms with E-state index in [-0.39, 0.29) is 17.6 Å². The first-order chi connectivity index (χ1) is 13.6.